The molecule has 1 heterocycles. The minimum absolute atomic E-state index is 0.501. The van der Waals surface area contributed by atoms with Crippen molar-refractivity contribution in [1.29, 1.82) is 0 Å². The first kappa shape index (κ1) is 12.8. The van der Waals surface area contributed by atoms with Gasteiger partial charge in [-0.1, -0.05) is 40.2 Å². The van der Waals surface area contributed by atoms with Gasteiger partial charge in [0.15, 0.2) is 0 Å². The lowest BCUT2D eigenvalue weighted by Crippen LogP contribution is -2.27. The van der Waals surface area contributed by atoms with Gasteiger partial charge in [-0.05, 0) is 36.4 Å². The summed E-state index contributed by atoms with van der Waals surface area (Å²) in [6.45, 7) is 3.14. The fraction of sp³-hybridized carbons (Fsp3) is 0.286. The van der Waals surface area contributed by atoms with Crippen LogP contribution < -0.4 is 5.32 Å². The lowest BCUT2D eigenvalue weighted by Gasteiger charge is -2.13. The van der Waals surface area contributed by atoms with Crippen molar-refractivity contribution in [1.82, 2.24) is 5.32 Å². The molecule has 17 heavy (non-hydrogen) atoms. The van der Waals surface area contributed by atoms with E-state index < -0.39 is 0 Å². The molecule has 0 radical (unpaired) electrons. The molecule has 1 atom stereocenters. The lowest BCUT2D eigenvalue weighted by atomic mass is 10.2. The third-order valence-electron chi connectivity index (χ3n) is 2.69. The molecule has 0 amide bonds. The molecular weight excluding hydrogens is 294 g/mol. The third-order valence-corrected chi connectivity index (χ3v) is 4.36. The Labute approximate surface area is 115 Å². The Morgan fingerprint density at radius 2 is 2.06 bits per heavy atom. The summed E-state index contributed by atoms with van der Waals surface area (Å²) in [6.07, 6.45) is 1.10. The minimum Gasteiger partial charge on any atom is -0.310 e. The number of thiophene rings is 1. The first-order valence-corrected chi connectivity index (χ1v) is 7.42. The quantitative estimate of drug-likeness (QED) is 0.871. The van der Waals surface area contributed by atoms with Crippen LogP contribution >= 0.6 is 27.3 Å². The Morgan fingerprint density at radius 1 is 1.24 bits per heavy atom. The molecule has 1 aromatic carbocycles. The van der Waals surface area contributed by atoms with E-state index in [9.17, 15) is 0 Å². The Kier molecular flexibility index (Phi) is 4.77. The molecule has 0 saturated heterocycles. The zero-order chi connectivity index (χ0) is 12.1. The molecule has 1 N–H and O–H groups in total. The topological polar surface area (TPSA) is 12.0 Å². The van der Waals surface area contributed by atoms with Crippen LogP contribution in [0.25, 0.3) is 0 Å². The molecule has 0 bridgehead atoms. The molecule has 0 saturated carbocycles. The molecule has 90 valence electrons. The average molecular weight is 310 g/mol. The second-order valence-corrected chi connectivity index (χ2v) is 6.04. The van der Waals surface area contributed by atoms with Crippen LogP contribution in [0.3, 0.4) is 0 Å². The lowest BCUT2D eigenvalue weighted by molar-refractivity contribution is 0.548. The maximum atomic E-state index is 3.57. The smallest absolute Gasteiger partial charge is 0.0220 e. The van der Waals surface area contributed by atoms with Crippen molar-refractivity contribution in [2.24, 2.45) is 0 Å². The summed E-state index contributed by atoms with van der Waals surface area (Å²) in [5, 5.41) is 5.69. The summed E-state index contributed by atoms with van der Waals surface area (Å²) in [5.74, 6) is 0. The number of benzene rings is 1. The fourth-order valence-corrected chi connectivity index (χ4v) is 2.99. The highest BCUT2D eigenvalue weighted by molar-refractivity contribution is 9.10. The molecule has 0 fully saturated rings. The first-order valence-electron chi connectivity index (χ1n) is 5.75. The zero-order valence-electron chi connectivity index (χ0n) is 9.82. The fourth-order valence-electron chi connectivity index (χ4n) is 1.73. The van der Waals surface area contributed by atoms with E-state index in [1.165, 1.54) is 14.9 Å². The van der Waals surface area contributed by atoms with E-state index in [-0.39, 0.29) is 0 Å². The first-order chi connectivity index (χ1) is 8.25. The predicted octanol–water partition coefficient (Wildman–Crippen LogP) is 4.23. The molecule has 2 rings (SSSR count). The van der Waals surface area contributed by atoms with E-state index in [2.05, 4.69) is 63.9 Å². The van der Waals surface area contributed by atoms with E-state index in [0.717, 1.165) is 13.0 Å². The Morgan fingerprint density at radius 3 is 2.76 bits per heavy atom. The maximum absolute atomic E-state index is 3.57. The van der Waals surface area contributed by atoms with E-state index >= 15 is 0 Å². The summed E-state index contributed by atoms with van der Waals surface area (Å²) < 4.78 is 1.18. The SMILES string of the molecule is CC(Cc1cccs1)NCc1ccccc1Br. The number of hydrogen-bond donors (Lipinski definition) is 1. The van der Waals surface area contributed by atoms with Gasteiger partial charge in [-0.3, -0.25) is 0 Å². The van der Waals surface area contributed by atoms with Gasteiger partial charge >= 0.3 is 0 Å². The van der Waals surface area contributed by atoms with Crippen LogP contribution in [0.2, 0.25) is 0 Å². The summed E-state index contributed by atoms with van der Waals surface area (Å²) in [4.78, 5) is 1.44. The summed E-state index contributed by atoms with van der Waals surface area (Å²) in [6, 6.07) is 13.2. The van der Waals surface area contributed by atoms with Gasteiger partial charge in [-0.2, -0.15) is 0 Å². The maximum Gasteiger partial charge on any atom is 0.0220 e. The predicted molar refractivity (Wildman–Crippen MR) is 78.5 cm³/mol. The van der Waals surface area contributed by atoms with Crippen LogP contribution in [0.4, 0.5) is 0 Å². The van der Waals surface area contributed by atoms with Gasteiger partial charge in [0.1, 0.15) is 0 Å². The largest absolute Gasteiger partial charge is 0.310 e. The van der Waals surface area contributed by atoms with Crippen LogP contribution in [0, 0.1) is 0 Å². The van der Waals surface area contributed by atoms with Crippen molar-refractivity contribution >= 4 is 27.3 Å². The van der Waals surface area contributed by atoms with Crippen LogP contribution in [0.15, 0.2) is 46.3 Å². The molecule has 1 unspecified atom stereocenters. The van der Waals surface area contributed by atoms with Crippen molar-refractivity contribution in [2.45, 2.75) is 25.9 Å². The number of halogens is 1. The molecule has 2 aromatic rings. The zero-order valence-corrected chi connectivity index (χ0v) is 12.2. The van der Waals surface area contributed by atoms with Gasteiger partial charge in [0, 0.05) is 21.9 Å². The highest BCUT2D eigenvalue weighted by atomic mass is 79.9. The summed E-state index contributed by atoms with van der Waals surface area (Å²) >= 11 is 5.40. The van der Waals surface area contributed by atoms with Gasteiger partial charge in [0.2, 0.25) is 0 Å². The average Bonchev–Trinajstić information content (AvgIpc) is 2.81. The third kappa shape index (κ3) is 3.95. The van der Waals surface area contributed by atoms with E-state index in [4.69, 9.17) is 0 Å². The van der Waals surface area contributed by atoms with Crippen molar-refractivity contribution in [3.63, 3.8) is 0 Å². The van der Waals surface area contributed by atoms with Crippen molar-refractivity contribution in [3.8, 4) is 0 Å². The number of rotatable bonds is 5. The summed E-state index contributed by atoms with van der Waals surface area (Å²) in [5.41, 5.74) is 1.31. The van der Waals surface area contributed by atoms with Gasteiger partial charge < -0.3 is 5.32 Å². The summed E-state index contributed by atoms with van der Waals surface area (Å²) in [7, 11) is 0. The van der Waals surface area contributed by atoms with Gasteiger partial charge in [-0.15, -0.1) is 11.3 Å². The molecule has 0 aliphatic heterocycles. The van der Waals surface area contributed by atoms with Crippen LogP contribution in [0.1, 0.15) is 17.4 Å². The van der Waals surface area contributed by atoms with Gasteiger partial charge in [0.05, 0.1) is 0 Å². The molecule has 1 nitrogen and oxygen atoms in total. The van der Waals surface area contributed by atoms with Crippen molar-refractivity contribution in [3.05, 3.63) is 56.7 Å². The molecule has 0 aliphatic rings. The van der Waals surface area contributed by atoms with Crippen molar-refractivity contribution < 1.29 is 0 Å². The van der Waals surface area contributed by atoms with Crippen LogP contribution in [-0.4, -0.2) is 6.04 Å². The Bertz CT molecular complexity index is 453. The number of nitrogens with one attached hydrogen (secondary N) is 1. The molecule has 1 aromatic heterocycles. The standard InChI is InChI=1S/C14H16BrNS/c1-11(9-13-6-4-8-17-13)16-10-12-5-2-3-7-14(12)15/h2-8,11,16H,9-10H2,1H3. The highest BCUT2D eigenvalue weighted by Crippen LogP contribution is 2.16. The van der Waals surface area contributed by atoms with Gasteiger partial charge in [0.25, 0.3) is 0 Å². The Balaban J connectivity index is 1.84. The van der Waals surface area contributed by atoms with Crippen LogP contribution in [0.5, 0.6) is 0 Å². The second kappa shape index (κ2) is 6.34. The molecule has 3 heteroatoms. The monoisotopic (exact) mass is 309 g/mol. The van der Waals surface area contributed by atoms with Gasteiger partial charge in [-0.25, -0.2) is 0 Å². The van der Waals surface area contributed by atoms with E-state index in [0.29, 0.717) is 6.04 Å². The van der Waals surface area contributed by atoms with E-state index in [1.54, 1.807) is 0 Å². The van der Waals surface area contributed by atoms with Crippen molar-refractivity contribution in [2.75, 3.05) is 0 Å². The van der Waals surface area contributed by atoms with Crippen LogP contribution in [-0.2, 0) is 13.0 Å². The molecule has 0 spiro atoms. The second-order valence-electron chi connectivity index (χ2n) is 4.16. The number of hydrogen-bond acceptors (Lipinski definition) is 2. The normalized spacial score (nSPS) is 12.6. The minimum atomic E-state index is 0.501. The highest BCUT2D eigenvalue weighted by Gasteiger charge is 2.05. The molecular formula is C14H16BrNS. The molecule has 0 aliphatic carbocycles. The van der Waals surface area contributed by atoms with E-state index in [1.807, 2.05) is 17.4 Å². The Hall–Kier alpha value is -0.640.